The molecule has 204 valence electrons. The Bertz CT molecular complexity index is 1200. The first-order valence-corrected chi connectivity index (χ1v) is 13.5. The second kappa shape index (κ2) is 10.4. The molecule has 0 saturated carbocycles. The lowest BCUT2D eigenvalue weighted by Gasteiger charge is -2.28. The molecule has 0 aliphatic carbocycles. The van der Waals surface area contributed by atoms with Crippen molar-refractivity contribution < 1.29 is 40.5 Å². The first-order chi connectivity index (χ1) is 16.6. The fourth-order valence-corrected chi connectivity index (χ4v) is 7.78. The van der Waals surface area contributed by atoms with Crippen LogP contribution in [0.25, 0.3) is 0 Å². The van der Waals surface area contributed by atoms with Crippen LogP contribution in [0.3, 0.4) is 0 Å². The zero-order valence-corrected chi connectivity index (χ0v) is 22.7. The average Bonchev–Trinajstić information content (AvgIpc) is 2.68. The van der Waals surface area contributed by atoms with E-state index in [0.29, 0.717) is 35.7 Å². The molecule has 0 spiro atoms. The molecule has 0 saturated heterocycles. The standard InChI is InChI=1S/C27H31F6O3P/c1-15-11-17(3)21(18(4)12-15)23(34)37(36,14-16(2)13-25(5,6)7)24(35)22-19(26(28,29)30)9-8-10-20(22)27(31,32)33/h8-12,16H,13-14H2,1-7H3. The Balaban J connectivity index is 2.90. The Hall–Kier alpha value is -2.41. The molecule has 2 unspecified atom stereocenters. The number of hydrogen-bond acceptors (Lipinski definition) is 3. The molecule has 3 nitrogen and oxygen atoms in total. The third-order valence-electron chi connectivity index (χ3n) is 5.97. The highest BCUT2D eigenvalue weighted by molar-refractivity contribution is 7.95. The molecular formula is C27H31F6O3P. The van der Waals surface area contributed by atoms with Gasteiger partial charge in [-0.2, -0.15) is 26.3 Å². The van der Waals surface area contributed by atoms with Crippen LogP contribution in [0, 0.1) is 32.1 Å². The van der Waals surface area contributed by atoms with Gasteiger partial charge in [-0.05, 0) is 61.8 Å². The van der Waals surface area contributed by atoms with Gasteiger partial charge in [0.15, 0.2) is 0 Å². The van der Waals surface area contributed by atoms with E-state index in [0.717, 1.165) is 5.56 Å². The number of halogens is 6. The van der Waals surface area contributed by atoms with Crippen LogP contribution in [-0.2, 0) is 16.9 Å². The molecule has 0 amide bonds. The second-order valence-corrected chi connectivity index (χ2v) is 13.6. The smallest absolute Gasteiger partial charge is 0.307 e. The van der Waals surface area contributed by atoms with Crippen molar-refractivity contribution in [1.82, 2.24) is 0 Å². The summed E-state index contributed by atoms with van der Waals surface area (Å²) in [5, 5.41) is 0. The van der Waals surface area contributed by atoms with E-state index < -0.39 is 59.3 Å². The van der Waals surface area contributed by atoms with Gasteiger partial charge in [0, 0.05) is 11.7 Å². The molecule has 10 heteroatoms. The molecule has 0 aliphatic rings. The van der Waals surface area contributed by atoms with E-state index >= 15 is 0 Å². The Morgan fingerprint density at radius 3 is 1.59 bits per heavy atom. The van der Waals surface area contributed by atoms with E-state index in [1.165, 1.54) is 13.8 Å². The van der Waals surface area contributed by atoms with Crippen molar-refractivity contribution in [1.29, 1.82) is 0 Å². The molecule has 0 heterocycles. The first kappa shape index (κ1) is 30.8. The van der Waals surface area contributed by atoms with Gasteiger partial charge >= 0.3 is 12.4 Å². The predicted molar refractivity (Wildman–Crippen MR) is 131 cm³/mol. The number of carbonyl (C=O) groups excluding carboxylic acids is 2. The molecule has 2 aromatic carbocycles. The van der Waals surface area contributed by atoms with Crippen LogP contribution in [0.1, 0.15) is 82.6 Å². The lowest BCUT2D eigenvalue weighted by molar-refractivity contribution is -0.143. The highest BCUT2D eigenvalue weighted by Crippen LogP contribution is 2.57. The molecule has 2 atom stereocenters. The molecule has 0 radical (unpaired) electrons. The van der Waals surface area contributed by atoms with Crippen molar-refractivity contribution >= 4 is 18.2 Å². The summed E-state index contributed by atoms with van der Waals surface area (Å²) in [6.07, 6.45) is -11.0. The Morgan fingerprint density at radius 1 is 0.811 bits per heavy atom. The Morgan fingerprint density at radius 2 is 1.22 bits per heavy atom. The molecule has 2 rings (SSSR count). The zero-order valence-electron chi connectivity index (χ0n) is 21.8. The van der Waals surface area contributed by atoms with E-state index in [4.69, 9.17) is 0 Å². The first-order valence-electron chi connectivity index (χ1n) is 11.6. The van der Waals surface area contributed by atoms with Crippen molar-refractivity contribution in [3.8, 4) is 0 Å². The topological polar surface area (TPSA) is 51.2 Å². The van der Waals surface area contributed by atoms with Gasteiger partial charge in [0.25, 0.3) is 0 Å². The zero-order chi connectivity index (χ0) is 28.7. The summed E-state index contributed by atoms with van der Waals surface area (Å²) >= 11 is 0. The molecule has 0 fully saturated rings. The van der Waals surface area contributed by atoms with E-state index in [9.17, 15) is 40.5 Å². The van der Waals surface area contributed by atoms with Crippen molar-refractivity contribution in [3.63, 3.8) is 0 Å². The van der Waals surface area contributed by atoms with Gasteiger partial charge in [0.05, 0.1) is 16.7 Å². The van der Waals surface area contributed by atoms with E-state index in [1.807, 2.05) is 20.8 Å². The van der Waals surface area contributed by atoms with Crippen LogP contribution < -0.4 is 0 Å². The fourth-order valence-electron chi connectivity index (χ4n) is 4.94. The summed E-state index contributed by atoms with van der Waals surface area (Å²) in [4.78, 5) is 27.5. The fraction of sp³-hybridized carbons (Fsp3) is 0.481. The normalized spacial score (nSPS) is 15.3. The highest BCUT2D eigenvalue weighted by atomic mass is 31.2. The summed E-state index contributed by atoms with van der Waals surface area (Å²) in [5.41, 5.74) is -7.74. The van der Waals surface area contributed by atoms with Gasteiger partial charge in [-0.25, -0.2) is 0 Å². The van der Waals surface area contributed by atoms with Crippen LogP contribution in [0.2, 0.25) is 0 Å². The number of hydrogen-bond donors (Lipinski definition) is 0. The van der Waals surface area contributed by atoms with Gasteiger partial charge in [0.1, 0.15) is 0 Å². The number of benzene rings is 2. The monoisotopic (exact) mass is 548 g/mol. The quantitative estimate of drug-likeness (QED) is 0.256. The van der Waals surface area contributed by atoms with Crippen molar-refractivity contribution in [2.24, 2.45) is 11.3 Å². The molecule has 0 aliphatic heterocycles. The minimum atomic E-state index is -5.35. The van der Waals surface area contributed by atoms with Gasteiger partial charge in [-0.15, -0.1) is 0 Å². The third kappa shape index (κ3) is 6.92. The maximum Gasteiger partial charge on any atom is 0.417 e. The van der Waals surface area contributed by atoms with Crippen LogP contribution in [0.4, 0.5) is 26.3 Å². The third-order valence-corrected chi connectivity index (χ3v) is 8.86. The van der Waals surface area contributed by atoms with Gasteiger partial charge in [-0.1, -0.05) is 51.5 Å². The number of carbonyl (C=O) groups is 2. The van der Waals surface area contributed by atoms with Crippen LogP contribution in [0.5, 0.6) is 0 Å². The minimum absolute atomic E-state index is 0.122. The Labute approximate surface area is 213 Å². The number of aryl methyl sites for hydroxylation is 3. The van der Waals surface area contributed by atoms with Gasteiger partial charge in [0.2, 0.25) is 18.2 Å². The summed E-state index contributed by atoms with van der Waals surface area (Å²) in [6, 6.07) is 4.36. The largest absolute Gasteiger partial charge is 0.417 e. The van der Waals surface area contributed by atoms with Crippen molar-refractivity contribution in [2.75, 3.05) is 6.16 Å². The van der Waals surface area contributed by atoms with E-state index in [1.54, 1.807) is 26.0 Å². The lowest BCUT2D eigenvalue weighted by atomic mass is 9.86. The highest BCUT2D eigenvalue weighted by Gasteiger charge is 2.50. The number of rotatable bonds is 7. The summed E-state index contributed by atoms with van der Waals surface area (Å²) < 4.78 is 97.5. The minimum Gasteiger partial charge on any atom is -0.307 e. The summed E-state index contributed by atoms with van der Waals surface area (Å²) in [6.45, 7) is 11.9. The van der Waals surface area contributed by atoms with Crippen LogP contribution >= 0.6 is 7.14 Å². The van der Waals surface area contributed by atoms with Crippen LogP contribution in [-0.4, -0.2) is 17.2 Å². The summed E-state index contributed by atoms with van der Waals surface area (Å²) in [5.74, 6) is -0.614. The molecule has 2 aromatic rings. The number of alkyl halides is 6. The van der Waals surface area contributed by atoms with Crippen molar-refractivity contribution in [3.05, 3.63) is 69.3 Å². The Kier molecular flexibility index (Phi) is 8.65. The molecular weight excluding hydrogens is 517 g/mol. The predicted octanol–water partition coefficient (Wildman–Crippen LogP) is 9.07. The van der Waals surface area contributed by atoms with E-state index in [2.05, 4.69) is 0 Å². The molecule has 0 aromatic heterocycles. The molecule has 37 heavy (non-hydrogen) atoms. The van der Waals surface area contributed by atoms with Gasteiger partial charge < -0.3 is 4.57 Å². The van der Waals surface area contributed by atoms with Gasteiger partial charge in [-0.3, -0.25) is 9.59 Å². The maximum atomic E-state index is 14.4. The lowest BCUT2D eigenvalue weighted by Crippen LogP contribution is -2.25. The second-order valence-electron chi connectivity index (χ2n) is 10.9. The average molecular weight is 549 g/mol. The van der Waals surface area contributed by atoms with E-state index in [-0.39, 0.29) is 11.0 Å². The SMILES string of the molecule is Cc1cc(C)c(C(=O)P(=O)(CC(C)CC(C)(C)C)C(=O)c2c(C(F)(F)F)cccc2C(F)(F)F)c(C)c1. The van der Waals surface area contributed by atoms with Crippen LogP contribution in [0.15, 0.2) is 30.3 Å². The maximum absolute atomic E-state index is 14.4. The molecule has 0 N–H and O–H groups in total. The van der Waals surface area contributed by atoms with Crippen molar-refractivity contribution in [2.45, 2.75) is 67.2 Å². The molecule has 0 bridgehead atoms. The summed E-state index contributed by atoms with van der Waals surface area (Å²) in [7, 11) is -5.03.